The zero-order chi connectivity index (χ0) is 21.3. The topological polar surface area (TPSA) is 53.4 Å². The summed E-state index contributed by atoms with van der Waals surface area (Å²) in [7, 11) is 0. The molecule has 4 heteroatoms. The third-order valence-electron chi connectivity index (χ3n) is 6.86. The molecule has 0 spiro atoms. The number of aliphatic hydroxyl groups is 1. The molecule has 1 aromatic heterocycles. The normalized spacial score (nSPS) is 25.5. The minimum atomic E-state index is -0.606. The smallest absolute Gasteiger partial charge is 0.176 e. The molecule has 2 heterocycles. The minimum Gasteiger partial charge on any atom is -0.390 e. The van der Waals surface area contributed by atoms with Crippen LogP contribution in [-0.4, -0.2) is 46.0 Å². The lowest BCUT2D eigenvalue weighted by atomic mass is 9.91. The predicted molar refractivity (Wildman–Crippen MR) is 122 cm³/mol. The number of Topliss-reactive ketones (excluding diaryl/α,β-unsaturated/α-hetero) is 1. The first-order valence-corrected chi connectivity index (χ1v) is 11.1. The summed E-state index contributed by atoms with van der Waals surface area (Å²) < 4.78 is 0. The van der Waals surface area contributed by atoms with Crippen molar-refractivity contribution in [2.45, 2.75) is 24.9 Å². The van der Waals surface area contributed by atoms with Crippen LogP contribution in [0.5, 0.6) is 0 Å². The summed E-state index contributed by atoms with van der Waals surface area (Å²) in [5.74, 6) is 1.11. The lowest BCUT2D eigenvalue weighted by Crippen LogP contribution is -2.34. The fraction of sp³-hybridized carbons (Fsp3) is 0.333. The first-order valence-electron chi connectivity index (χ1n) is 11.1. The van der Waals surface area contributed by atoms with E-state index in [-0.39, 0.29) is 5.78 Å². The van der Waals surface area contributed by atoms with Crippen molar-refractivity contribution in [3.05, 3.63) is 90.3 Å². The van der Waals surface area contributed by atoms with Gasteiger partial charge in [0.2, 0.25) is 0 Å². The van der Waals surface area contributed by atoms with Gasteiger partial charge in [0, 0.05) is 43.0 Å². The van der Waals surface area contributed by atoms with E-state index < -0.39 is 5.60 Å². The number of hydrogen-bond donors (Lipinski definition) is 1. The van der Waals surface area contributed by atoms with E-state index in [0.717, 1.165) is 49.0 Å². The number of rotatable bonds is 6. The zero-order valence-corrected chi connectivity index (χ0v) is 17.7. The Balaban J connectivity index is 1.20. The van der Waals surface area contributed by atoms with Crippen LogP contribution in [-0.2, 0) is 6.42 Å². The van der Waals surface area contributed by atoms with Gasteiger partial charge < -0.3 is 5.11 Å². The number of hydrogen-bond acceptors (Lipinski definition) is 4. The number of fused-ring (bicyclic) bond motifs is 1. The van der Waals surface area contributed by atoms with Gasteiger partial charge in [0.1, 0.15) is 0 Å². The van der Waals surface area contributed by atoms with Gasteiger partial charge in [-0.3, -0.25) is 14.7 Å². The molecule has 1 saturated carbocycles. The number of nitrogens with zero attached hydrogens (tertiary/aromatic N) is 2. The molecule has 0 amide bonds. The van der Waals surface area contributed by atoms with E-state index in [1.54, 1.807) is 6.20 Å². The SMILES string of the molecule is O=C(CN1CC2CC(O)(Cc3ccccc3)CC2C1)c1cccc(-c2cccnc2)c1. The summed E-state index contributed by atoms with van der Waals surface area (Å²) in [6.07, 6.45) is 5.95. The van der Waals surface area contributed by atoms with E-state index in [4.69, 9.17) is 0 Å². The highest BCUT2D eigenvalue weighted by atomic mass is 16.3. The van der Waals surface area contributed by atoms with Crippen molar-refractivity contribution < 1.29 is 9.90 Å². The second-order valence-corrected chi connectivity index (χ2v) is 9.25. The molecule has 5 rings (SSSR count). The Bertz CT molecular complexity index is 1040. The van der Waals surface area contributed by atoms with Crippen LogP contribution in [0.15, 0.2) is 79.1 Å². The van der Waals surface area contributed by atoms with Gasteiger partial charge in [-0.15, -0.1) is 0 Å². The lowest BCUT2D eigenvalue weighted by Gasteiger charge is -2.26. The van der Waals surface area contributed by atoms with Crippen molar-refractivity contribution >= 4 is 5.78 Å². The zero-order valence-electron chi connectivity index (χ0n) is 17.7. The summed E-state index contributed by atoms with van der Waals surface area (Å²) in [6, 6.07) is 22.0. The first-order chi connectivity index (χ1) is 15.1. The van der Waals surface area contributed by atoms with Gasteiger partial charge >= 0.3 is 0 Å². The van der Waals surface area contributed by atoms with Crippen LogP contribution in [0.2, 0.25) is 0 Å². The second-order valence-electron chi connectivity index (χ2n) is 9.25. The molecule has 0 bridgehead atoms. The first kappa shape index (κ1) is 20.1. The molecule has 1 aliphatic heterocycles. The van der Waals surface area contributed by atoms with Gasteiger partial charge in [0.05, 0.1) is 12.1 Å². The molecule has 31 heavy (non-hydrogen) atoms. The van der Waals surface area contributed by atoms with Crippen LogP contribution in [0.25, 0.3) is 11.1 Å². The molecule has 2 aromatic carbocycles. The van der Waals surface area contributed by atoms with Gasteiger partial charge in [-0.25, -0.2) is 0 Å². The molecule has 1 saturated heterocycles. The molecule has 2 atom stereocenters. The van der Waals surface area contributed by atoms with Crippen molar-refractivity contribution in [1.82, 2.24) is 9.88 Å². The number of likely N-dealkylation sites (tertiary alicyclic amines) is 1. The maximum atomic E-state index is 13.0. The summed E-state index contributed by atoms with van der Waals surface area (Å²) in [4.78, 5) is 19.4. The van der Waals surface area contributed by atoms with Crippen LogP contribution >= 0.6 is 0 Å². The van der Waals surface area contributed by atoms with Gasteiger partial charge in [0.25, 0.3) is 0 Å². The Hall–Kier alpha value is -2.82. The van der Waals surface area contributed by atoms with Crippen molar-refractivity contribution in [2.24, 2.45) is 11.8 Å². The van der Waals surface area contributed by atoms with Crippen molar-refractivity contribution in [2.75, 3.05) is 19.6 Å². The highest BCUT2D eigenvalue weighted by Crippen LogP contribution is 2.45. The van der Waals surface area contributed by atoms with E-state index in [1.807, 2.05) is 60.8 Å². The Morgan fingerprint density at radius 3 is 2.42 bits per heavy atom. The molecule has 1 aliphatic carbocycles. The molecule has 4 nitrogen and oxygen atoms in total. The Morgan fingerprint density at radius 2 is 1.71 bits per heavy atom. The quantitative estimate of drug-likeness (QED) is 0.615. The van der Waals surface area contributed by atoms with E-state index >= 15 is 0 Å². The van der Waals surface area contributed by atoms with Gasteiger partial charge in [-0.05, 0) is 47.9 Å². The monoisotopic (exact) mass is 412 g/mol. The lowest BCUT2D eigenvalue weighted by molar-refractivity contribution is 0.0355. The Kier molecular flexibility index (Phi) is 5.43. The van der Waals surface area contributed by atoms with Crippen molar-refractivity contribution in [3.63, 3.8) is 0 Å². The molecular formula is C27H28N2O2. The Labute approximate surface area is 183 Å². The number of benzene rings is 2. The summed E-state index contributed by atoms with van der Waals surface area (Å²) >= 11 is 0. The van der Waals surface area contributed by atoms with Crippen LogP contribution in [0.3, 0.4) is 0 Å². The van der Waals surface area contributed by atoms with Crippen molar-refractivity contribution in [3.8, 4) is 11.1 Å². The highest BCUT2D eigenvalue weighted by molar-refractivity contribution is 5.98. The highest BCUT2D eigenvalue weighted by Gasteiger charge is 2.48. The van der Waals surface area contributed by atoms with E-state index in [9.17, 15) is 9.90 Å². The van der Waals surface area contributed by atoms with E-state index in [2.05, 4.69) is 22.0 Å². The third kappa shape index (κ3) is 4.46. The van der Waals surface area contributed by atoms with Crippen LogP contribution in [0.1, 0.15) is 28.8 Å². The van der Waals surface area contributed by atoms with Gasteiger partial charge in [-0.2, -0.15) is 0 Å². The maximum Gasteiger partial charge on any atom is 0.176 e. The molecule has 3 aromatic rings. The summed E-state index contributed by atoms with van der Waals surface area (Å²) in [5.41, 5.74) is 3.38. The third-order valence-corrected chi connectivity index (χ3v) is 6.86. The molecule has 2 fully saturated rings. The fourth-order valence-corrected chi connectivity index (χ4v) is 5.51. The maximum absolute atomic E-state index is 13.0. The summed E-state index contributed by atoms with van der Waals surface area (Å²) in [5, 5.41) is 11.1. The number of ketones is 1. The molecule has 2 aliphatic rings. The predicted octanol–water partition coefficient (Wildman–Crippen LogP) is 4.25. The molecule has 1 N–H and O–H groups in total. The molecule has 0 radical (unpaired) electrons. The number of carbonyl (C=O) groups excluding carboxylic acids is 1. The van der Waals surface area contributed by atoms with Gasteiger partial charge in [-0.1, -0.05) is 54.6 Å². The van der Waals surface area contributed by atoms with Crippen LogP contribution < -0.4 is 0 Å². The Morgan fingerprint density at radius 1 is 0.968 bits per heavy atom. The molecular weight excluding hydrogens is 384 g/mol. The number of carbonyl (C=O) groups is 1. The fourth-order valence-electron chi connectivity index (χ4n) is 5.51. The van der Waals surface area contributed by atoms with Crippen LogP contribution in [0.4, 0.5) is 0 Å². The van der Waals surface area contributed by atoms with Crippen molar-refractivity contribution in [1.29, 1.82) is 0 Å². The number of pyridine rings is 1. The average molecular weight is 413 g/mol. The van der Waals surface area contributed by atoms with Gasteiger partial charge in [0.15, 0.2) is 5.78 Å². The standard InChI is InChI=1S/C27H28N2O2/c30-26(22-9-4-8-21(12-22)23-10-5-11-28-16-23)19-29-17-24-14-27(31,15-25(24)18-29)13-20-6-2-1-3-7-20/h1-12,16,24-25,31H,13-15,17-19H2. The second kappa shape index (κ2) is 8.37. The average Bonchev–Trinajstić information content (AvgIpc) is 3.28. The summed E-state index contributed by atoms with van der Waals surface area (Å²) in [6.45, 7) is 2.24. The van der Waals surface area contributed by atoms with Crippen LogP contribution in [0, 0.1) is 11.8 Å². The van der Waals surface area contributed by atoms with E-state index in [1.165, 1.54) is 5.56 Å². The van der Waals surface area contributed by atoms with E-state index in [0.29, 0.717) is 18.4 Å². The molecule has 2 unspecified atom stereocenters. The number of aromatic nitrogens is 1. The minimum absolute atomic E-state index is 0.158. The molecule has 158 valence electrons. The largest absolute Gasteiger partial charge is 0.390 e.